The van der Waals surface area contributed by atoms with Crippen LogP contribution in [-0.4, -0.2) is 61.4 Å². The van der Waals surface area contributed by atoms with Crippen molar-refractivity contribution in [1.82, 2.24) is 15.1 Å². The maximum Gasteiger partial charge on any atom is 0.227 e. The number of nitrogens with zero attached hydrogens (tertiary/aromatic N) is 3. The molecule has 1 saturated heterocycles. The average Bonchev–Trinajstić information content (AvgIpc) is 3.19. The quantitative estimate of drug-likeness (QED) is 0.615. The molecule has 0 bridgehead atoms. The number of halogens is 1. The van der Waals surface area contributed by atoms with Crippen LogP contribution in [0.15, 0.2) is 46.8 Å². The minimum atomic E-state index is 0.151. The highest BCUT2D eigenvalue weighted by Crippen LogP contribution is 2.13. The Bertz CT molecular complexity index is 770. The minimum Gasteiger partial charge on any atom is -0.356 e. The van der Waals surface area contributed by atoms with Gasteiger partial charge in [-0.3, -0.25) is 9.79 Å². The van der Waals surface area contributed by atoms with Crippen LogP contribution in [0, 0.1) is 0 Å². The Hall–Kier alpha value is -2.05. The third-order valence-corrected chi connectivity index (χ3v) is 5.79. The monoisotopic (exact) mass is 404 g/mol. The molecule has 1 aromatic heterocycles. The number of amides is 1. The average molecular weight is 405 g/mol. The molecule has 0 saturated carbocycles. The van der Waals surface area contributed by atoms with Crippen LogP contribution >= 0.6 is 22.9 Å². The predicted octanol–water partition coefficient (Wildman–Crippen LogP) is 2.91. The fraction of sp³-hybridized carbons (Fsp3) is 0.400. The molecule has 1 N–H and O–H groups in total. The molecule has 1 amide bonds. The summed E-state index contributed by atoms with van der Waals surface area (Å²) in [6.45, 7) is 3.87. The molecule has 0 aliphatic carbocycles. The molecule has 1 fully saturated rings. The largest absolute Gasteiger partial charge is 0.356 e. The van der Waals surface area contributed by atoms with Crippen LogP contribution in [0.1, 0.15) is 10.4 Å². The molecule has 7 heteroatoms. The summed E-state index contributed by atoms with van der Waals surface area (Å²) in [7, 11) is 1.81. The highest BCUT2D eigenvalue weighted by molar-refractivity contribution is 7.09. The second-order valence-electron chi connectivity index (χ2n) is 6.48. The summed E-state index contributed by atoms with van der Waals surface area (Å²) in [5, 5.41) is 6.20. The van der Waals surface area contributed by atoms with Gasteiger partial charge >= 0.3 is 0 Å². The lowest BCUT2D eigenvalue weighted by molar-refractivity contribution is -0.131. The van der Waals surface area contributed by atoms with Gasteiger partial charge in [-0.2, -0.15) is 0 Å². The van der Waals surface area contributed by atoms with Crippen molar-refractivity contribution in [1.29, 1.82) is 0 Å². The molecular weight excluding hydrogens is 380 g/mol. The first kappa shape index (κ1) is 19.7. The fourth-order valence-corrected chi connectivity index (χ4v) is 4.11. The van der Waals surface area contributed by atoms with Gasteiger partial charge in [0.1, 0.15) is 0 Å². The van der Waals surface area contributed by atoms with E-state index in [1.807, 2.05) is 36.2 Å². The first-order chi connectivity index (χ1) is 13.2. The van der Waals surface area contributed by atoms with Gasteiger partial charge in [-0.1, -0.05) is 29.8 Å². The summed E-state index contributed by atoms with van der Waals surface area (Å²) in [4.78, 5) is 22.5. The lowest BCUT2D eigenvalue weighted by atomic mass is 10.1. The first-order valence-electron chi connectivity index (χ1n) is 9.16. The van der Waals surface area contributed by atoms with Crippen molar-refractivity contribution in [3.63, 3.8) is 0 Å². The summed E-state index contributed by atoms with van der Waals surface area (Å²) in [5.74, 6) is 1.06. The Morgan fingerprint density at radius 1 is 1.19 bits per heavy atom. The van der Waals surface area contributed by atoms with E-state index in [1.54, 1.807) is 11.3 Å². The number of rotatable bonds is 5. The summed E-state index contributed by atoms with van der Waals surface area (Å²) >= 11 is 7.78. The number of thiophene rings is 1. The number of hydrogen-bond acceptors (Lipinski definition) is 3. The van der Waals surface area contributed by atoms with E-state index in [0.29, 0.717) is 24.5 Å². The van der Waals surface area contributed by atoms with E-state index >= 15 is 0 Å². The zero-order valence-corrected chi connectivity index (χ0v) is 17.1. The van der Waals surface area contributed by atoms with Crippen molar-refractivity contribution in [3.8, 4) is 0 Å². The van der Waals surface area contributed by atoms with Gasteiger partial charge in [-0.25, -0.2) is 0 Å². The van der Waals surface area contributed by atoms with Crippen LogP contribution in [-0.2, 0) is 17.6 Å². The molecule has 0 unspecified atom stereocenters. The zero-order chi connectivity index (χ0) is 19.1. The molecule has 144 valence electrons. The number of carbonyl (C=O) groups excluding carboxylic acids is 1. The molecule has 2 heterocycles. The summed E-state index contributed by atoms with van der Waals surface area (Å²) in [5.41, 5.74) is 0.959. The lowest BCUT2D eigenvalue weighted by Gasteiger charge is -2.36. The molecule has 5 nitrogen and oxygen atoms in total. The molecule has 27 heavy (non-hydrogen) atoms. The van der Waals surface area contributed by atoms with Crippen LogP contribution in [0.25, 0.3) is 0 Å². The molecular formula is C20H25ClN4OS. The van der Waals surface area contributed by atoms with Gasteiger partial charge < -0.3 is 15.1 Å². The van der Waals surface area contributed by atoms with Gasteiger partial charge in [0.25, 0.3) is 0 Å². The number of carbonyl (C=O) groups is 1. The van der Waals surface area contributed by atoms with E-state index in [0.717, 1.165) is 37.6 Å². The van der Waals surface area contributed by atoms with Crippen molar-refractivity contribution < 1.29 is 4.79 Å². The zero-order valence-electron chi connectivity index (χ0n) is 15.5. The van der Waals surface area contributed by atoms with Crippen LogP contribution in [0.3, 0.4) is 0 Å². The molecule has 1 aliphatic heterocycles. The number of hydrogen-bond donors (Lipinski definition) is 1. The molecule has 0 spiro atoms. The van der Waals surface area contributed by atoms with Crippen molar-refractivity contribution in [2.75, 3.05) is 39.8 Å². The van der Waals surface area contributed by atoms with Crippen LogP contribution in [0.2, 0.25) is 5.02 Å². The predicted molar refractivity (Wildman–Crippen MR) is 113 cm³/mol. The Morgan fingerprint density at radius 3 is 2.63 bits per heavy atom. The molecule has 1 aliphatic rings. The van der Waals surface area contributed by atoms with Gasteiger partial charge in [0.15, 0.2) is 5.96 Å². The lowest BCUT2D eigenvalue weighted by Crippen LogP contribution is -2.54. The maximum absolute atomic E-state index is 12.5. The Kier molecular flexibility index (Phi) is 7.12. The van der Waals surface area contributed by atoms with Crippen LogP contribution in [0.4, 0.5) is 0 Å². The summed E-state index contributed by atoms with van der Waals surface area (Å²) < 4.78 is 0. The van der Waals surface area contributed by atoms with Crippen LogP contribution in [0.5, 0.6) is 0 Å². The molecule has 0 radical (unpaired) electrons. The first-order valence-corrected chi connectivity index (χ1v) is 10.4. The van der Waals surface area contributed by atoms with Gasteiger partial charge in [0.05, 0.1) is 6.42 Å². The topological polar surface area (TPSA) is 47.9 Å². The van der Waals surface area contributed by atoms with E-state index in [1.165, 1.54) is 4.88 Å². The normalized spacial score (nSPS) is 15.1. The number of piperazine rings is 1. The highest BCUT2D eigenvalue weighted by Gasteiger charge is 2.23. The van der Waals surface area contributed by atoms with Crippen molar-refractivity contribution in [3.05, 3.63) is 57.2 Å². The van der Waals surface area contributed by atoms with Crippen molar-refractivity contribution in [2.45, 2.75) is 12.8 Å². The Morgan fingerprint density at radius 2 is 1.96 bits per heavy atom. The van der Waals surface area contributed by atoms with E-state index in [-0.39, 0.29) is 5.91 Å². The summed E-state index contributed by atoms with van der Waals surface area (Å²) in [6.07, 6.45) is 1.39. The SMILES string of the molecule is CN=C(NCCc1cccs1)N1CCN(C(=O)Cc2cccc(Cl)c2)CC1. The molecule has 3 rings (SSSR count). The van der Waals surface area contributed by atoms with Gasteiger partial charge in [0.2, 0.25) is 5.91 Å². The third-order valence-electron chi connectivity index (χ3n) is 4.62. The third kappa shape index (κ3) is 5.71. The van der Waals surface area contributed by atoms with Crippen molar-refractivity contribution in [2.24, 2.45) is 4.99 Å². The van der Waals surface area contributed by atoms with Gasteiger partial charge in [0, 0.05) is 49.7 Å². The maximum atomic E-state index is 12.5. The molecule has 1 aromatic carbocycles. The highest BCUT2D eigenvalue weighted by atomic mass is 35.5. The van der Waals surface area contributed by atoms with Crippen LogP contribution < -0.4 is 5.32 Å². The van der Waals surface area contributed by atoms with E-state index in [4.69, 9.17) is 11.6 Å². The minimum absolute atomic E-state index is 0.151. The van der Waals surface area contributed by atoms with E-state index in [9.17, 15) is 4.79 Å². The van der Waals surface area contributed by atoms with Gasteiger partial charge in [-0.05, 0) is 35.6 Å². The second kappa shape index (κ2) is 9.76. The summed E-state index contributed by atoms with van der Waals surface area (Å²) in [6, 6.07) is 11.7. The second-order valence-corrected chi connectivity index (χ2v) is 7.95. The van der Waals surface area contributed by atoms with Crippen molar-refractivity contribution >= 4 is 34.8 Å². The van der Waals surface area contributed by atoms with Gasteiger partial charge in [-0.15, -0.1) is 11.3 Å². The molecule has 2 aromatic rings. The smallest absolute Gasteiger partial charge is 0.227 e. The van der Waals surface area contributed by atoms with E-state index in [2.05, 4.69) is 32.7 Å². The number of aliphatic imine (C=N–C) groups is 1. The van der Waals surface area contributed by atoms with E-state index < -0.39 is 0 Å². The number of guanidine groups is 1. The molecule has 0 atom stereocenters. The standard InChI is InChI=1S/C20H25ClN4OS/c1-22-20(23-8-7-18-6-3-13-27-18)25-11-9-24(10-12-25)19(26)15-16-4-2-5-17(21)14-16/h2-6,13-14H,7-12,15H2,1H3,(H,22,23). The fourth-order valence-electron chi connectivity index (χ4n) is 3.19. The Balaban J connectivity index is 1.44. The number of nitrogens with one attached hydrogen (secondary N) is 1. The number of benzene rings is 1. The Labute approximate surface area is 169 Å².